The van der Waals surface area contributed by atoms with Gasteiger partial charge in [-0.25, -0.2) is 4.39 Å². The lowest BCUT2D eigenvalue weighted by Gasteiger charge is -2.22. The van der Waals surface area contributed by atoms with Gasteiger partial charge < -0.3 is 5.11 Å². The van der Waals surface area contributed by atoms with Gasteiger partial charge in [-0.15, -0.1) is 5.10 Å². The Morgan fingerprint density at radius 2 is 1.82 bits per heavy atom. The van der Waals surface area contributed by atoms with Crippen LogP contribution in [0, 0.1) is 23.6 Å². The molecule has 0 radical (unpaired) electrons. The standard InChI is InChI=1S/C22H16FN3O2/c1-14-20(27)18(13-16-7-10-17(23)11-8-16)22(28)26-21(14)24-19(25-26)12-9-15-5-3-2-4-6-15/h2-8,10-11,18,27H,13H2,1H3. The van der Waals surface area contributed by atoms with Crippen molar-refractivity contribution < 1.29 is 14.3 Å². The quantitative estimate of drug-likeness (QED) is 0.697. The van der Waals surface area contributed by atoms with E-state index >= 15 is 0 Å². The Balaban J connectivity index is 1.65. The predicted octanol–water partition coefficient (Wildman–Crippen LogP) is 3.62. The lowest BCUT2D eigenvalue weighted by atomic mass is 9.92. The van der Waals surface area contributed by atoms with Crippen LogP contribution in [0.4, 0.5) is 4.39 Å². The predicted molar refractivity (Wildman–Crippen MR) is 102 cm³/mol. The van der Waals surface area contributed by atoms with Crippen molar-refractivity contribution in [3.05, 3.63) is 88.9 Å². The molecule has 6 heteroatoms. The summed E-state index contributed by atoms with van der Waals surface area (Å²) in [5.41, 5.74) is 2.03. The first-order chi connectivity index (χ1) is 13.5. The Kier molecular flexibility index (Phi) is 4.50. The molecule has 5 nitrogen and oxygen atoms in total. The summed E-state index contributed by atoms with van der Waals surface area (Å²) in [6.07, 6.45) is 0.243. The van der Waals surface area contributed by atoms with Crippen LogP contribution in [0.3, 0.4) is 0 Å². The largest absolute Gasteiger partial charge is 0.511 e. The first-order valence-electron chi connectivity index (χ1n) is 8.76. The Morgan fingerprint density at radius 3 is 2.54 bits per heavy atom. The van der Waals surface area contributed by atoms with Crippen LogP contribution in [-0.4, -0.2) is 25.8 Å². The summed E-state index contributed by atoms with van der Waals surface area (Å²) in [6, 6.07) is 15.2. The number of aromatic nitrogens is 3. The van der Waals surface area contributed by atoms with Crippen molar-refractivity contribution in [2.24, 2.45) is 5.92 Å². The first kappa shape index (κ1) is 17.7. The van der Waals surface area contributed by atoms with Crippen molar-refractivity contribution in [3.8, 4) is 11.8 Å². The zero-order valence-corrected chi connectivity index (χ0v) is 15.1. The highest BCUT2D eigenvalue weighted by molar-refractivity contribution is 5.90. The van der Waals surface area contributed by atoms with Gasteiger partial charge in [0.15, 0.2) is 5.82 Å². The topological polar surface area (TPSA) is 68.0 Å². The molecule has 1 aromatic heterocycles. The van der Waals surface area contributed by atoms with Gasteiger partial charge in [0.25, 0.3) is 5.91 Å². The van der Waals surface area contributed by atoms with Gasteiger partial charge in [0.2, 0.25) is 5.82 Å². The van der Waals surface area contributed by atoms with E-state index in [1.165, 1.54) is 16.8 Å². The van der Waals surface area contributed by atoms with Gasteiger partial charge >= 0.3 is 0 Å². The van der Waals surface area contributed by atoms with Crippen LogP contribution in [0.5, 0.6) is 0 Å². The van der Waals surface area contributed by atoms with Crippen LogP contribution in [0.15, 0.2) is 60.4 Å². The number of nitrogens with zero attached hydrogens (tertiary/aromatic N) is 3. The number of fused-ring (bicyclic) bond motifs is 1. The number of hydrogen-bond acceptors (Lipinski definition) is 4. The van der Waals surface area contributed by atoms with E-state index in [4.69, 9.17) is 0 Å². The van der Waals surface area contributed by atoms with Gasteiger partial charge in [-0.3, -0.25) is 4.79 Å². The molecule has 2 aromatic carbocycles. The zero-order valence-electron chi connectivity index (χ0n) is 15.1. The first-order valence-corrected chi connectivity index (χ1v) is 8.76. The molecule has 3 aromatic rings. The molecule has 4 rings (SSSR count). The normalized spacial score (nSPS) is 15.8. The molecule has 1 unspecified atom stereocenters. The Labute approximate surface area is 161 Å². The van der Waals surface area contributed by atoms with E-state index in [2.05, 4.69) is 21.9 Å². The fraction of sp³-hybridized carbons (Fsp3) is 0.136. The number of carbonyl (C=O) groups excluding carboxylic acids is 1. The minimum atomic E-state index is -0.797. The zero-order chi connectivity index (χ0) is 19.7. The van der Waals surface area contributed by atoms with Crippen LogP contribution in [0.1, 0.15) is 34.5 Å². The Bertz CT molecular complexity index is 1140. The molecular weight excluding hydrogens is 357 g/mol. The summed E-state index contributed by atoms with van der Waals surface area (Å²) in [5, 5.41) is 14.8. The van der Waals surface area contributed by atoms with Crippen molar-refractivity contribution >= 4 is 11.5 Å². The third-order valence-corrected chi connectivity index (χ3v) is 4.61. The van der Waals surface area contributed by atoms with Crippen LogP contribution in [0.25, 0.3) is 5.57 Å². The van der Waals surface area contributed by atoms with Gasteiger partial charge in [0, 0.05) is 11.1 Å². The molecule has 1 aliphatic rings. The highest BCUT2D eigenvalue weighted by Crippen LogP contribution is 2.30. The van der Waals surface area contributed by atoms with Crippen LogP contribution in [0.2, 0.25) is 0 Å². The number of carbonyl (C=O) groups is 1. The smallest absolute Gasteiger partial charge is 0.259 e. The van der Waals surface area contributed by atoms with E-state index in [0.717, 1.165) is 11.1 Å². The van der Waals surface area contributed by atoms with E-state index in [-0.39, 0.29) is 35.6 Å². The molecule has 0 saturated heterocycles. The molecule has 0 spiro atoms. The van der Waals surface area contributed by atoms with E-state index in [9.17, 15) is 14.3 Å². The van der Waals surface area contributed by atoms with Gasteiger partial charge in [-0.05, 0) is 49.1 Å². The van der Waals surface area contributed by atoms with Gasteiger partial charge in [-0.1, -0.05) is 36.3 Å². The average Bonchev–Trinajstić information content (AvgIpc) is 3.15. The number of allylic oxidation sites excluding steroid dienone is 2. The fourth-order valence-corrected chi connectivity index (χ4v) is 3.09. The van der Waals surface area contributed by atoms with Crippen molar-refractivity contribution in [1.82, 2.24) is 14.8 Å². The maximum atomic E-state index is 13.1. The van der Waals surface area contributed by atoms with Crippen molar-refractivity contribution in [3.63, 3.8) is 0 Å². The second kappa shape index (κ2) is 7.12. The second-order valence-electron chi connectivity index (χ2n) is 6.52. The summed E-state index contributed by atoms with van der Waals surface area (Å²) >= 11 is 0. The lowest BCUT2D eigenvalue weighted by Crippen LogP contribution is -2.32. The molecule has 1 aliphatic heterocycles. The Hall–Kier alpha value is -3.72. The molecule has 0 saturated carbocycles. The summed E-state index contributed by atoms with van der Waals surface area (Å²) < 4.78 is 14.3. The third-order valence-electron chi connectivity index (χ3n) is 4.61. The van der Waals surface area contributed by atoms with E-state index < -0.39 is 5.92 Å². The summed E-state index contributed by atoms with van der Waals surface area (Å²) in [5.74, 6) is 4.72. The van der Waals surface area contributed by atoms with E-state index in [1.54, 1.807) is 19.1 Å². The molecule has 1 atom stereocenters. The maximum absolute atomic E-state index is 13.1. The van der Waals surface area contributed by atoms with Gasteiger partial charge in [-0.2, -0.15) is 9.67 Å². The third kappa shape index (κ3) is 3.30. The molecule has 2 heterocycles. The van der Waals surface area contributed by atoms with Crippen molar-refractivity contribution in [1.29, 1.82) is 0 Å². The lowest BCUT2D eigenvalue weighted by molar-refractivity contribution is 0.0800. The maximum Gasteiger partial charge on any atom is 0.259 e. The van der Waals surface area contributed by atoms with Crippen LogP contribution in [-0.2, 0) is 6.42 Å². The number of benzene rings is 2. The molecule has 28 heavy (non-hydrogen) atoms. The van der Waals surface area contributed by atoms with Crippen molar-refractivity contribution in [2.45, 2.75) is 13.3 Å². The van der Waals surface area contributed by atoms with E-state index in [1.807, 2.05) is 30.3 Å². The molecule has 0 amide bonds. The molecule has 138 valence electrons. The molecular formula is C22H16FN3O2. The molecule has 0 aliphatic carbocycles. The summed E-state index contributed by atoms with van der Waals surface area (Å²) in [4.78, 5) is 17.2. The monoisotopic (exact) mass is 373 g/mol. The van der Waals surface area contributed by atoms with Gasteiger partial charge in [0.1, 0.15) is 17.5 Å². The molecule has 1 N–H and O–H groups in total. The minimum absolute atomic E-state index is 0.0446. The number of aliphatic hydroxyl groups excluding tert-OH is 1. The fourth-order valence-electron chi connectivity index (χ4n) is 3.09. The second-order valence-corrected chi connectivity index (χ2v) is 6.52. The summed E-state index contributed by atoms with van der Waals surface area (Å²) in [6.45, 7) is 1.69. The number of rotatable bonds is 2. The molecule has 0 bridgehead atoms. The SMILES string of the molecule is CC1=C(O)C(Cc2ccc(F)cc2)C(=O)n2nc(C#Cc3ccccc3)nc21. The minimum Gasteiger partial charge on any atom is -0.511 e. The average molecular weight is 373 g/mol. The Morgan fingerprint density at radius 1 is 1.11 bits per heavy atom. The molecule has 0 fully saturated rings. The highest BCUT2D eigenvalue weighted by Gasteiger charge is 2.35. The number of hydrogen-bond donors (Lipinski definition) is 1. The van der Waals surface area contributed by atoms with E-state index in [0.29, 0.717) is 5.57 Å². The highest BCUT2D eigenvalue weighted by atomic mass is 19.1. The van der Waals surface area contributed by atoms with Gasteiger partial charge in [0.05, 0.1) is 0 Å². The summed E-state index contributed by atoms with van der Waals surface area (Å²) in [7, 11) is 0. The van der Waals surface area contributed by atoms with Crippen LogP contribution < -0.4 is 0 Å². The van der Waals surface area contributed by atoms with Crippen LogP contribution >= 0.6 is 0 Å². The van der Waals surface area contributed by atoms with Crippen molar-refractivity contribution in [2.75, 3.05) is 0 Å². The number of aliphatic hydroxyl groups is 1. The number of halogens is 1.